The lowest BCUT2D eigenvalue weighted by Crippen LogP contribution is -2.30. The first-order valence-corrected chi connectivity index (χ1v) is 8.45. The molecule has 0 saturated carbocycles. The Morgan fingerprint density at radius 3 is 2.88 bits per heavy atom. The van der Waals surface area contributed by atoms with Crippen molar-refractivity contribution < 1.29 is 24.2 Å². The number of nitrogens with one attached hydrogen (secondary N) is 2. The monoisotopic (exact) mass is 481 g/mol. The number of nitrogens with zero attached hydrogens (tertiary/aromatic N) is 1. The normalized spacial score (nSPS) is 11.9. The Hall–Kier alpha value is -1.53. The molecule has 1 aromatic carbocycles. The highest BCUT2D eigenvalue weighted by Gasteiger charge is 2.17. The zero-order chi connectivity index (χ0) is 18.4. The predicted octanol–water partition coefficient (Wildman–Crippen LogP) is 2.24. The van der Waals surface area contributed by atoms with E-state index in [0.29, 0.717) is 3.57 Å². The van der Waals surface area contributed by atoms with Crippen molar-refractivity contribution in [2.45, 2.75) is 6.10 Å². The van der Waals surface area contributed by atoms with Gasteiger partial charge in [-0.25, -0.2) is 14.9 Å². The van der Waals surface area contributed by atoms with Crippen LogP contribution in [-0.4, -0.2) is 40.4 Å². The van der Waals surface area contributed by atoms with Crippen LogP contribution < -0.4 is 10.8 Å². The van der Waals surface area contributed by atoms with E-state index in [1.165, 1.54) is 24.4 Å². The summed E-state index contributed by atoms with van der Waals surface area (Å²) in [6, 6.07) is 5.90. The zero-order valence-electron chi connectivity index (χ0n) is 12.7. The molecule has 4 N–H and O–H groups in total. The van der Waals surface area contributed by atoms with Gasteiger partial charge in [-0.2, -0.15) is 0 Å². The number of carbonyl (C=O) groups is 1. The number of benzene rings is 1. The Kier molecular flexibility index (Phi) is 7.32. The molecule has 2 rings (SSSR count). The minimum atomic E-state index is -1.13. The van der Waals surface area contributed by atoms with Gasteiger partial charge in [0.1, 0.15) is 18.5 Å². The molecule has 0 aliphatic carbocycles. The fourth-order valence-corrected chi connectivity index (χ4v) is 2.44. The first kappa shape index (κ1) is 19.8. The number of hydrogen-bond donors (Lipinski definition) is 4. The Balaban J connectivity index is 2.19. The van der Waals surface area contributed by atoms with Crippen molar-refractivity contribution in [1.29, 1.82) is 0 Å². The maximum atomic E-state index is 14.0. The lowest BCUT2D eigenvalue weighted by molar-refractivity contribution is -0.0295. The van der Waals surface area contributed by atoms with Crippen LogP contribution in [-0.2, 0) is 4.84 Å². The van der Waals surface area contributed by atoms with Crippen LogP contribution in [0.15, 0.2) is 30.5 Å². The van der Waals surface area contributed by atoms with E-state index in [1.807, 2.05) is 22.6 Å². The van der Waals surface area contributed by atoms with Crippen molar-refractivity contribution in [2.75, 3.05) is 18.5 Å². The van der Waals surface area contributed by atoms with Gasteiger partial charge >= 0.3 is 0 Å². The quantitative estimate of drug-likeness (QED) is 0.275. The second kappa shape index (κ2) is 9.25. The van der Waals surface area contributed by atoms with Crippen LogP contribution in [0.5, 0.6) is 0 Å². The van der Waals surface area contributed by atoms with Crippen LogP contribution in [0.4, 0.5) is 15.8 Å². The first-order valence-electron chi connectivity index (χ1n) is 7.00. The Morgan fingerprint density at radius 2 is 2.20 bits per heavy atom. The van der Waals surface area contributed by atoms with Gasteiger partial charge in [0, 0.05) is 9.77 Å². The van der Waals surface area contributed by atoms with Crippen molar-refractivity contribution in [3.8, 4) is 0 Å². The highest BCUT2D eigenvalue weighted by Crippen LogP contribution is 2.29. The number of amides is 1. The number of hydrogen-bond acceptors (Lipinski definition) is 6. The van der Waals surface area contributed by atoms with E-state index >= 15 is 0 Å². The molecule has 0 aliphatic rings. The molecule has 1 atom stereocenters. The maximum absolute atomic E-state index is 14.0. The van der Waals surface area contributed by atoms with Crippen LogP contribution in [0.2, 0.25) is 5.15 Å². The summed E-state index contributed by atoms with van der Waals surface area (Å²) in [6.45, 7) is -0.800. The van der Waals surface area contributed by atoms with Crippen LogP contribution in [0, 0.1) is 9.39 Å². The maximum Gasteiger partial charge on any atom is 0.277 e. The lowest BCUT2D eigenvalue weighted by atomic mass is 10.2. The molecule has 0 bridgehead atoms. The first-order chi connectivity index (χ1) is 11.9. The molecule has 0 radical (unpaired) electrons. The van der Waals surface area contributed by atoms with Gasteiger partial charge in [-0.1, -0.05) is 11.6 Å². The minimum absolute atomic E-state index is 0.0269. The molecule has 25 heavy (non-hydrogen) atoms. The highest BCUT2D eigenvalue weighted by molar-refractivity contribution is 14.1. The largest absolute Gasteiger partial charge is 0.394 e. The van der Waals surface area contributed by atoms with Gasteiger partial charge in [0.05, 0.1) is 23.5 Å². The number of aliphatic hydroxyl groups excluding tert-OH is 2. The summed E-state index contributed by atoms with van der Waals surface area (Å²) in [4.78, 5) is 20.9. The molecule has 7 nitrogen and oxygen atoms in total. The van der Waals surface area contributed by atoms with Crippen molar-refractivity contribution in [2.24, 2.45) is 0 Å². The SMILES string of the molecule is O=C(NOCC(O)CO)c1ccnc(Cl)c1Nc1ccc(I)cc1F. The van der Waals surface area contributed by atoms with E-state index in [1.54, 1.807) is 6.07 Å². The van der Waals surface area contributed by atoms with E-state index < -0.39 is 24.4 Å². The van der Waals surface area contributed by atoms with Crippen molar-refractivity contribution in [3.63, 3.8) is 0 Å². The molecule has 1 heterocycles. The molecule has 1 amide bonds. The molecular formula is C15H14ClFIN3O4. The number of rotatable bonds is 7. The fraction of sp³-hybridized carbons (Fsp3) is 0.200. The fourth-order valence-electron chi connectivity index (χ4n) is 1.78. The third-order valence-electron chi connectivity index (χ3n) is 2.99. The molecule has 1 aromatic heterocycles. The van der Waals surface area contributed by atoms with E-state index in [4.69, 9.17) is 21.5 Å². The second-order valence-electron chi connectivity index (χ2n) is 4.85. The van der Waals surface area contributed by atoms with E-state index in [0.717, 1.165) is 0 Å². The standard InChI is InChI=1S/C15H14ClFIN3O4/c16-14-13(20-12-2-1-8(18)5-11(12)17)10(3-4-19-14)15(24)21-25-7-9(23)6-22/h1-5,9,20,22-23H,6-7H2,(H,21,24). The molecule has 0 saturated heterocycles. The van der Waals surface area contributed by atoms with Gasteiger partial charge in [-0.05, 0) is 46.9 Å². The Morgan fingerprint density at radius 1 is 1.44 bits per heavy atom. The van der Waals surface area contributed by atoms with Gasteiger partial charge in [0.25, 0.3) is 5.91 Å². The molecular weight excluding hydrogens is 468 g/mol. The van der Waals surface area contributed by atoms with E-state index in [-0.39, 0.29) is 28.7 Å². The molecule has 0 fully saturated rings. The number of hydroxylamine groups is 1. The second-order valence-corrected chi connectivity index (χ2v) is 6.46. The van der Waals surface area contributed by atoms with E-state index in [9.17, 15) is 14.3 Å². The van der Waals surface area contributed by atoms with Gasteiger partial charge in [0.2, 0.25) is 0 Å². The van der Waals surface area contributed by atoms with Crippen LogP contribution in [0.3, 0.4) is 0 Å². The molecule has 10 heteroatoms. The molecule has 0 spiro atoms. The van der Waals surface area contributed by atoms with Gasteiger partial charge in [-0.3, -0.25) is 9.63 Å². The number of aromatic nitrogens is 1. The summed E-state index contributed by atoms with van der Waals surface area (Å²) in [5, 5.41) is 20.6. The van der Waals surface area contributed by atoms with E-state index in [2.05, 4.69) is 15.8 Å². The predicted molar refractivity (Wildman–Crippen MR) is 98.2 cm³/mol. The molecule has 0 aliphatic heterocycles. The Bertz CT molecular complexity index is 766. The minimum Gasteiger partial charge on any atom is -0.394 e. The van der Waals surface area contributed by atoms with Crippen molar-refractivity contribution >= 4 is 51.5 Å². The van der Waals surface area contributed by atoms with Crippen molar-refractivity contribution in [1.82, 2.24) is 10.5 Å². The summed E-state index contributed by atoms with van der Waals surface area (Å²) in [5.41, 5.74) is 2.41. The number of anilines is 2. The number of pyridine rings is 1. The zero-order valence-corrected chi connectivity index (χ0v) is 15.6. The van der Waals surface area contributed by atoms with Crippen LogP contribution in [0.1, 0.15) is 10.4 Å². The summed E-state index contributed by atoms with van der Waals surface area (Å²) >= 11 is 8.00. The number of halogens is 3. The van der Waals surface area contributed by atoms with Gasteiger partial charge in [0.15, 0.2) is 5.15 Å². The molecule has 2 aromatic rings. The third-order valence-corrected chi connectivity index (χ3v) is 3.95. The van der Waals surface area contributed by atoms with Crippen LogP contribution >= 0.6 is 34.2 Å². The number of carbonyl (C=O) groups excluding carboxylic acids is 1. The molecule has 134 valence electrons. The summed E-state index contributed by atoms with van der Waals surface area (Å²) in [7, 11) is 0. The number of aliphatic hydroxyl groups is 2. The lowest BCUT2D eigenvalue weighted by Gasteiger charge is -2.14. The Labute approximate surface area is 161 Å². The van der Waals surface area contributed by atoms with Gasteiger partial charge < -0.3 is 15.5 Å². The molecule has 1 unspecified atom stereocenters. The highest BCUT2D eigenvalue weighted by atomic mass is 127. The topological polar surface area (TPSA) is 104 Å². The third kappa shape index (κ3) is 5.47. The average molecular weight is 482 g/mol. The smallest absolute Gasteiger partial charge is 0.277 e. The summed E-state index contributed by atoms with van der Waals surface area (Å²) in [6.07, 6.45) is 0.190. The summed E-state index contributed by atoms with van der Waals surface area (Å²) in [5.74, 6) is -1.19. The average Bonchev–Trinajstić information content (AvgIpc) is 2.58. The van der Waals surface area contributed by atoms with Gasteiger partial charge in [-0.15, -0.1) is 0 Å². The summed E-state index contributed by atoms with van der Waals surface area (Å²) < 4.78 is 14.7. The van der Waals surface area contributed by atoms with Crippen molar-refractivity contribution in [3.05, 3.63) is 50.6 Å². The van der Waals surface area contributed by atoms with Crippen LogP contribution in [0.25, 0.3) is 0 Å².